The van der Waals surface area contributed by atoms with Crippen LogP contribution in [-0.4, -0.2) is 42.6 Å². The molecule has 2 aromatic heterocycles. The van der Waals surface area contributed by atoms with E-state index in [9.17, 15) is 5.26 Å². The second-order valence-corrected chi connectivity index (χ2v) is 5.79. The number of piperazine rings is 1. The zero-order chi connectivity index (χ0) is 14.7. The Morgan fingerprint density at radius 1 is 1.43 bits per heavy atom. The van der Waals surface area contributed by atoms with E-state index in [-0.39, 0.29) is 0 Å². The first kappa shape index (κ1) is 13.9. The Kier molecular flexibility index (Phi) is 4.04. The lowest BCUT2D eigenvalue weighted by Crippen LogP contribution is -2.46. The summed E-state index contributed by atoms with van der Waals surface area (Å²) < 4.78 is 5.85. The van der Waals surface area contributed by atoms with Gasteiger partial charge in [-0.05, 0) is 11.4 Å². The molecule has 0 aromatic carbocycles. The molecule has 5 nitrogen and oxygen atoms in total. The predicted octanol–water partition coefficient (Wildman–Crippen LogP) is 2.58. The molecule has 1 fully saturated rings. The SMILES string of the molecule is C=CCN1CCN(c2oc(-c3cccs3)nc2C#N)CC1. The maximum Gasteiger partial charge on any atom is 0.240 e. The number of hydrogen-bond donors (Lipinski definition) is 0. The summed E-state index contributed by atoms with van der Waals surface area (Å²) in [5, 5.41) is 11.2. The Labute approximate surface area is 127 Å². The van der Waals surface area contributed by atoms with Gasteiger partial charge in [-0.1, -0.05) is 12.1 Å². The Morgan fingerprint density at radius 3 is 2.86 bits per heavy atom. The number of hydrogen-bond acceptors (Lipinski definition) is 6. The van der Waals surface area contributed by atoms with Crippen molar-refractivity contribution in [3.63, 3.8) is 0 Å². The van der Waals surface area contributed by atoms with Crippen LogP contribution in [0.5, 0.6) is 0 Å². The second-order valence-electron chi connectivity index (χ2n) is 4.84. The maximum atomic E-state index is 9.28. The highest BCUT2D eigenvalue weighted by Gasteiger charge is 2.24. The molecule has 0 N–H and O–H groups in total. The summed E-state index contributed by atoms with van der Waals surface area (Å²) >= 11 is 1.56. The predicted molar refractivity (Wildman–Crippen MR) is 83.4 cm³/mol. The first-order chi connectivity index (χ1) is 10.3. The fourth-order valence-corrected chi connectivity index (χ4v) is 3.07. The first-order valence-corrected chi connectivity index (χ1v) is 7.73. The summed E-state index contributed by atoms with van der Waals surface area (Å²) in [5.41, 5.74) is 0.371. The lowest BCUT2D eigenvalue weighted by molar-refractivity contribution is 0.279. The van der Waals surface area contributed by atoms with Gasteiger partial charge in [0.25, 0.3) is 0 Å². The van der Waals surface area contributed by atoms with Crippen molar-refractivity contribution in [2.24, 2.45) is 0 Å². The molecule has 1 saturated heterocycles. The molecule has 0 atom stereocenters. The molecule has 6 heteroatoms. The molecule has 0 saturated carbocycles. The minimum Gasteiger partial charge on any atom is -0.418 e. The van der Waals surface area contributed by atoms with Crippen LogP contribution in [-0.2, 0) is 0 Å². The average molecular weight is 300 g/mol. The molecule has 21 heavy (non-hydrogen) atoms. The highest BCUT2D eigenvalue weighted by atomic mass is 32.1. The summed E-state index contributed by atoms with van der Waals surface area (Å²) in [6, 6.07) is 6.04. The molecular formula is C15H16N4OS. The van der Waals surface area contributed by atoms with Gasteiger partial charge < -0.3 is 9.32 Å². The number of anilines is 1. The summed E-state index contributed by atoms with van der Waals surface area (Å²) in [5.74, 6) is 1.13. The van der Waals surface area contributed by atoms with E-state index in [1.54, 1.807) is 11.3 Å². The van der Waals surface area contributed by atoms with Gasteiger partial charge >= 0.3 is 0 Å². The number of aromatic nitrogens is 1. The Bertz CT molecular complexity index is 648. The fourth-order valence-electron chi connectivity index (χ4n) is 2.42. The van der Waals surface area contributed by atoms with Gasteiger partial charge in [0, 0.05) is 32.7 Å². The maximum absolute atomic E-state index is 9.28. The van der Waals surface area contributed by atoms with Crippen molar-refractivity contribution in [3.05, 3.63) is 35.9 Å². The van der Waals surface area contributed by atoms with Crippen LogP contribution < -0.4 is 4.90 Å². The normalized spacial score (nSPS) is 15.9. The summed E-state index contributed by atoms with van der Waals surface area (Å²) in [6.07, 6.45) is 1.92. The van der Waals surface area contributed by atoms with Crippen LogP contribution in [0.15, 0.2) is 34.6 Å². The van der Waals surface area contributed by atoms with Crippen molar-refractivity contribution in [3.8, 4) is 16.8 Å². The zero-order valence-electron chi connectivity index (χ0n) is 11.7. The van der Waals surface area contributed by atoms with E-state index < -0.39 is 0 Å². The average Bonchev–Trinajstić information content (AvgIpc) is 3.17. The Morgan fingerprint density at radius 2 is 2.24 bits per heavy atom. The van der Waals surface area contributed by atoms with Crippen molar-refractivity contribution in [2.45, 2.75) is 0 Å². The topological polar surface area (TPSA) is 56.3 Å². The highest BCUT2D eigenvalue weighted by Crippen LogP contribution is 2.31. The number of nitriles is 1. The molecule has 0 radical (unpaired) electrons. The summed E-state index contributed by atoms with van der Waals surface area (Å²) in [7, 11) is 0. The monoisotopic (exact) mass is 300 g/mol. The quantitative estimate of drug-likeness (QED) is 0.812. The van der Waals surface area contributed by atoms with Gasteiger partial charge in [-0.3, -0.25) is 4.90 Å². The van der Waals surface area contributed by atoms with Crippen LogP contribution in [0, 0.1) is 11.3 Å². The fraction of sp³-hybridized carbons (Fsp3) is 0.333. The van der Waals surface area contributed by atoms with Crippen LogP contribution in [0.3, 0.4) is 0 Å². The third kappa shape index (κ3) is 2.84. The van der Waals surface area contributed by atoms with Gasteiger partial charge in [0.2, 0.25) is 17.5 Å². The molecule has 0 amide bonds. The van der Waals surface area contributed by atoms with Gasteiger partial charge in [0.1, 0.15) is 6.07 Å². The molecule has 1 aliphatic rings. The molecule has 1 aliphatic heterocycles. The van der Waals surface area contributed by atoms with Crippen molar-refractivity contribution < 1.29 is 4.42 Å². The summed E-state index contributed by atoms with van der Waals surface area (Å²) in [4.78, 5) is 9.69. The Balaban J connectivity index is 1.80. The highest BCUT2D eigenvalue weighted by molar-refractivity contribution is 7.13. The molecule has 108 valence electrons. The van der Waals surface area contributed by atoms with E-state index in [2.05, 4.69) is 27.4 Å². The smallest absolute Gasteiger partial charge is 0.240 e. The van der Waals surface area contributed by atoms with E-state index >= 15 is 0 Å². The third-order valence-corrected chi connectivity index (χ3v) is 4.35. The minimum atomic E-state index is 0.371. The Hall–Kier alpha value is -2.10. The van der Waals surface area contributed by atoms with E-state index in [0.717, 1.165) is 37.6 Å². The standard InChI is InChI=1S/C15H16N4OS/c1-2-5-18-6-8-19(9-7-18)15-12(11-16)17-14(20-15)13-4-3-10-21-13/h2-4,10H,1,5-9H2. The lowest BCUT2D eigenvalue weighted by atomic mass is 10.3. The molecule has 2 aromatic rings. The van der Waals surface area contributed by atoms with Gasteiger partial charge in [-0.2, -0.15) is 10.2 Å². The molecule has 0 bridgehead atoms. The number of thiophene rings is 1. The lowest BCUT2D eigenvalue weighted by Gasteiger charge is -2.33. The third-order valence-electron chi connectivity index (χ3n) is 3.49. The molecule has 3 rings (SSSR count). The van der Waals surface area contributed by atoms with E-state index in [0.29, 0.717) is 17.5 Å². The van der Waals surface area contributed by atoms with Crippen molar-refractivity contribution >= 4 is 17.2 Å². The number of oxazole rings is 1. The van der Waals surface area contributed by atoms with Crippen LogP contribution in [0.4, 0.5) is 5.88 Å². The van der Waals surface area contributed by atoms with E-state index in [1.165, 1.54) is 0 Å². The molecule has 3 heterocycles. The van der Waals surface area contributed by atoms with Gasteiger partial charge in [0.05, 0.1) is 4.88 Å². The van der Waals surface area contributed by atoms with Crippen molar-refractivity contribution in [1.82, 2.24) is 9.88 Å². The van der Waals surface area contributed by atoms with Crippen LogP contribution in [0.1, 0.15) is 5.69 Å². The van der Waals surface area contributed by atoms with Gasteiger partial charge in [-0.15, -0.1) is 17.9 Å². The zero-order valence-corrected chi connectivity index (χ0v) is 12.5. The molecule has 0 spiro atoms. The molecule has 0 unspecified atom stereocenters. The number of rotatable bonds is 4. The van der Waals surface area contributed by atoms with Crippen LogP contribution in [0.2, 0.25) is 0 Å². The second kappa shape index (κ2) is 6.12. The van der Waals surface area contributed by atoms with Gasteiger partial charge in [-0.25, -0.2) is 0 Å². The number of nitrogens with zero attached hydrogens (tertiary/aromatic N) is 4. The van der Waals surface area contributed by atoms with Crippen LogP contribution in [0.25, 0.3) is 10.8 Å². The van der Waals surface area contributed by atoms with E-state index in [4.69, 9.17) is 4.42 Å². The van der Waals surface area contributed by atoms with Gasteiger partial charge in [0.15, 0.2) is 0 Å². The van der Waals surface area contributed by atoms with Crippen molar-refractivity contribution in [2.75, 3.05) is 37.6 Å². The van der Waals surface area contributed by atoms with E-state index in [1.807, 2.05) is 23.6 Å². The molecule has 0 aliphatic carbocycles. The summed E-state index contributed by atoms with van der Waals surface area (Å²) in [6.45, 7) is 8.21. The molecular weight excluding hydrogens is 284 g/mol. The largest absolute Gasteiger partial charge is 0.418 e. The van der Waals surface area contributed by atoms with Crippen LogP contribution >= 0.6 is 11.3 Å². The first-order valence-electron chi connectivity index (χ1n) is 6.85. The van der Waals surface area contributed by atoms with Crippen molar-refractivity contribution in [1.29, 1.82) is 5.26 Å². The minimum absolute atomic E-state index is 0.371.